The van der Waals surface area contributed by atoms with E-state index in [2.05, 4.69) is 15.6 Å². The van der Waals surface area contributed by atoms with Crippen molar-refractivity contribution in [3.05, 3.63) is 30.1 Å². The minimum atomic E-state index is 0. The van der Waals surface area contributed by atoms with E-state index in [0.717, 1.165) is 38.4 Å². The van der Waals surface area contributed by atoms with Gasteiger partial charge in [0, 0.05) is 25.4 Å². The zero-order valence-corrected chi connectivity index (χ0v) is 13.8. The highest BCUT2D eigenvalue weighted by Gasteiger charge is 2.12. The first kappa shape index (κ1) is 20.2. The highest BCUT2D eigenvalue weighted by molar-refractivity contribution is 5.85. The molecule has 1 aliphatic rings. The molecular formula is C15H25Cl2N3O. The Balaban J connectivity index is 0.00000200. The predicted molar refractivity (Wildman–Crippen MR) is 90.3 cm³/mol. The Labute approximate surface area is 139 Å². The predicted octanol–water partition coefficient (Wildman–Crippen LogP) is 2.36. The van der Waals surface area contributed by atoms with Crippen LogP contribution >= 0.6 is 24.8 Å². The van der Waals surface area contributed by atoms with Gasteiger partial charge in [-0.25, -0.2) is 0 Å². The molecule has 2 N–H and O–H groups in total. The van der Waals surface area contributed by atoms with Crippen LogP contribution < -0.4 is 10.6 Å². The molecule has 1 aromatic heterocycles. The van der Waals surface area contributed by atoms with Crippen molar-refractivity contribution in [3.8, 4) is 0 Å². The van der Waals surface area contributed by atoms with Gasteiger partial charge in [0.05, 0.1) is 0 Å². The van der Waals surface area contributed by atoms with Crippen molar-refractivity contribution in [2.24, 2.45) is 5.92 Å². The lowest BCUT2D eigenvalue weighted by atomic mass is 9.96. The number of amides is 1. The highest BCUT2D eigenvalue weighted by Crippen LogP contribution is 2.12. The molecule has 0 saturated carbocycles. The van der Waals surface area contributed by atoms with Crippen LogP contribution in [0.25, 0.3) is 0 Å². The number of carbonyl (C=O) groups is 1. The Morgan fingerprint density at radius 3 is 2.76 bits per heavy atom. The summed E-state index contributed by atoms with van der Waals surface area (Å²) >= 11 is 0. The van der Waals surface area contributed by atoms with Gasteiger partial charge in [-0.2, -0.15) is 0 Å². The average Bonchev–Trinajstić information content (AvgIpc) is 2.47. The lowest BCUT2D eigenvalue weighted by Crippen LogP contribution is -2.33. The zero-order chi connectivity index (χ0) is 13.3. The van der Waals surface area contributed by atoms with Gasteiger partial charge in [-0.05, 0) is 62.4 Å². The van der Waals surface area contributed by atoms with E-state index in [0.29, 0.717) is 6.42 Å². The second-order valence-electron chi connectivity index (χ2n) is 5.21. The summed E-state index contributed by atoms with van der Waals surface area (Å²) in [7, 11) is 0. The van der Waals surface area contributed by atoms with Crippen molar-refractivity contribution in [1.29, 1.82) is 0 Å². The number of carbonyl (C=O) groups excluding carboxylic acids is 1. The van der Waals surface area contributed by atoms with Crippen LogP contribution in [0.4, 0.5) is 0 Å². The third kappa shape index (κ3) is 8.24. The van der Waals surface area contributed by atoms with E-state index in [4.69, 9.17) is 0 Å². The first-order valence-electron chi connectivity index (χ1n) is 7.21. The number of aryl methyl sites for hydroxylation is 1. The van der Waals surface area contributed by atoms with Gasteiger partial charge in [-0.3, -0.25) is 9.78 Å². The Morgan fingerprint density at radius 2 is 2.10 bits per heavy atom. The van der Waals surface area contributed by atoms with E-state index in [1.54, 1.807) is 12.4 Å². The van der Waals surface area contributed by atoms with Crippen molar-refractivity contribution in [2.45, 2.75) is 32.1 Å². The summed E-state index contributed by atoms with van der Waals surface area (Å²) in [6, 6.07) is 3.92. The standard InChI is InChI=1S/C15H23N3O.2ClH/c19-15(4-3-13-5-9-16-10-6-13)18-11-7-14-2-1-8-17-12-14;;/h5-6,9-10,14,17H,1-4,7-8,11-12H2,(H,18,19);2*1H. The quantitative estimate of drug-likeness (QED) is 0.840. The maximum Gasteiger partial charge on any atom is 0.220 e. The Bertz CT molecular complexity index is 384. The second kappa shape index (κ2) is 11.8. The van der Waals surface area contributed by atoms with Gasteiger partial charge in [-0.15, -0.1) is 24.8 Å². The fraction of sp³-hybridized carbons (Fsp3) is 0.600. The molecule has 4 nitrogen and oxygen atoms in total. The third-order valence-corrected chi connectivity index (χ3v) is 3.66. The summed E-state index contributed by atoms with van der Waals surface area (Å²) in [5.41, 5.74) is 1.17. The molecule has 120 valence electrons. The van der Waals surface area contributed by atoms with Crippen LogP contribution in [0.1, 0.15) is 31.2 Å². The zero-order valence-electron chi connectivity index (χ0n) is 12.2. The van der Waals surface area contributed by atoms with Crippen LogP contribution in [0.2, 0.25) is 0 Å². The van der Waals surface area contributed by atoms with Crippen LogP contribution in [-0.2, 0) is 11.2 Å². The van der Waals surface area contributed by atoms with Gasteiger partial charge in [0.25, 0.3) is 0 Å². The van der Waals surface area contributed by atoms with Gasteiger partial charge < -0.3 is 10.6 Å². The van der Waals surface area contributed by atoms with Gasteiger partial charge in [-0.1, -0.05) is 0 Å². The maximum atomic E-state index is 11.7. The fourth-order valence-electron chi connectivity index (χ4n) is 2.48. The van der Waals surface area contributed by atoms with Crippen molar-refractivity contribution >= 4 is 30.7 Å². The molecule has 0 spiro atoms. The van der Waals surface area contributed by atoms with Crippen molar-refractivity contribution in [3.63, 3.8) is 0 Å². The largest absolute Gasteiger partial charge is 0.356 e. The number of aromatic nitrogens is 1. The molecule has 1 saturated heterocycles. The van der Waals surface area contributed by atoms with Crippen LogP contribution in [0.15, 0.2) is 24.5 Å². The number of piperidine rings is 1. The summed E-state index contributed by atoms with van der Waals surface area (Å²) in [6.45, 7) is 3.06. The molecule has 1 aromatic rings. The van der Waals surface area contributed by atoms with Gasteiger partial charge in [0.15, 0.2) is 0 Å². The molecule has 0 aliphatic carbocycles. The number of pyridine rings is 1. The minimum absolute atomic E-state index is 0. The molecule has 1 amide bonds. The summed E-state index contributed by atoms with van der Waals surface area (Å²) < 4.78 is 0. The molecular weight excluding hydrogens is 309 g/mol. The van der Waals surface area contributed by atoms with E-state index in [9.17, 15) is 4.79 Å². The average molecular weight is 334 g/mol. The van der Waals surface area contributed by atoms with E-state index >= 15 is 0 Å². The van der Waals surface area contributed by atoms with Crippen LogP contribution in [0.5, 0.6) is 0 Å². The Morgan fingerprint density at radius 1 is 1.33 bits per heavy atom. The SMILES string of the molecule is Cl.Cl.O=C(CCc1ccncc1)NCCC1CCCNC1. The normalized spacial score (nSPS) is 17.2. The first-order valence-corrected chi connectivity index (χ1v) is 7.21. The first-order chi connectivity index (χ1) is 9.34. The number of halogens is 2. The summed E-state index contributed by atoms with van der Waals surface area (Å²) in [5, 5.41) is 6.42. The molecule has 0 bridgehead atoms. The molecule has 0 radical (unpaired) electrons. The minimum Gasteiger partial charge on any atom is -0.356 e. The topological polar surface area (TPSA) is 54.0 Å². The number of nitrogens with zero attached hydrogens (tertiary/aromatic N) is 1. The monoisotopic (exact) mass is 333 g/mol. The Hall–Kier alpha value is -0.840. The molecule has 0 aromatic carbocycles. The second-order valence-corrected chi connectivity index (χ2v) is 5.21. The van der Waals surface area contributed by atoms with E-state index in [-0.39, 0.29) is 30.7 Å². The fourth-order valence-corrected chi connectivity index (χ4v) is 2.48. The third-order valence-electron chi connectivity index (χ3n) is 3.66. The molecule has 6 heteroatoms. The van der Waals surface area contributed by atoms with Gasteiger partial charge >= 0.3 is 0 Å². The smallest absolute Gasteiger partial charge is 0.220 e. The molecule has 1 fully saturated rings. The molecule has 1 atom stereocenters. The van der Waals surface area contributed by atoms with Crippen LogP contribution in [0.3, 0.4) is 0 Å². The van der Waals surface area contributed by atoms with Gasteiger partial charge in [0.2, 0.25) is 5.91 Å². The lowest BCUT2D eigenvalue weighted by Gasteiger charge is -2.22. The van der Waals surface area contributed by atoms with Gasteiger partial charge in [0.1, 0.15) is 0 Å². The summed E-state index contributed by atoms with van der Waals surface area (Å²) in [4.78, 5) is 15.7. The van der Waals surface area contributed by atoms with E-state index < -0.39 is 0 Å². The number of hydrogen-bond donors (Lipinski definition) is 2. The number of hydrogen-bond acceptors (Lipinski definition) is 3. The summed E-state index contributed by atoms with van der Waals surface area (Å²) in [5.74, 6) is 0.884. The molecule has 1 unspecified atom stereocenters. The van der Waals surface area contributed by atoms with Crippen LogP contribution in [-0.4, -0.2) is 30.5 Å². The van der Waals surface area contributed by atoms with E-state index in [1.807, 2.05) is 12.1 Å². The number of rotatable bonds is 6. The van der Waals surface area contributed by atoms with Crippen molar-refractivity contribution in [2.75, 3.05) is 19.6 Å². The van der Waals surface area contributed by atoms with Crippen LogP contribution in [0, 0.1) is 5.92 Å². The lowest BCUT2D eigenvalue weighted by molar-refractivity contribution is -0.121. The number of nitrogens with one attached hydrogen (secondary N) is 2. The van der Waals surface area contributed by atoms with Crippen molar-refractivity contribution in [1.82, 2.24) is 15.6 Å². The molecule has 2 heterocycles. The molecule has 1 aliphatic heterocycles. The van der Waals surface area contributed by atoms with E-state index in [1.165, 1.54) is 18.4 Å². The summed E-state index contributed by atoms with van der Waals surface area (Å²) in [6.07, 6.45) is 8.54. The van der Waals surface area contributed by atoms with Crippen molar-refractivity contribution < 1.29 is 4.79 Å². The highest BCUT2D eigenvalue weighted by atomic mass is 35.5. The maximum absolute atomic E-state index is 11.7. The molecule has 21 heavy (non-hydrogen) atoms. The molecule has 2 rings (SSSR count). The Kier molecular flexibility index (Phi) is 11.3.